The Bertz CT molecular complexity index is 801. The molecule has 0 unspecified atom stereocenters. The Kier molecular flexibility index (Phi) is 4.67. The fourth-order valence-corrected chi connectivity index (χ4v) is 2.48. The zero-order valence-electron chi connectivity index (χ0n) is 15.3. The monoisotopic (exact) mass is 340 g/mol. The second-order valence-electron chi connectivity index (χ2n) is 7.29. The number of aromatic nitrogens is 5. The van der Waals surface area contributed by atoms with Crippen molar-refractivity contribution in [3.63, 3.8) is 0 Å². The van der Waals surface area contributed by atoms with E-state index in [1.807, 2.05) is 12.1 Å². The lowest BCUT2D eigenvalue weighted by Crippen LogP contribution is -2.22. The molecular weight excluding hydrogens is 316 g/mol. The zero-order valence-corrected chi connectivity index (χ0v) is 15.3. The van der Waals surface area contributed by atoms with Crippen molar-refractivity contribution in [3.05, 3.63) is 54.2 Å². The van der Waals surface area contributed by atoms with Gasteiger partial charge in [-0.3, -0.25) is 4.90 Å². The maximum absolute atomic E-state index is 5.37. The van der Waals surface area contributed by atoms with E-state index in [2.05, 4.69) is 72.0 Å². The summed E-state index contributed by atoms with van der Waals surface area (Å²) in [5.74, 6) is 1.37. The molecular formula is C18H24N6O. The van der Waals surface area contributed by atoms with Crippen LogP contribution in [0.2, 0.25) is 0 Å². The summed E-state index contributed by atoms with van der Waals surface area (Å²) in [6.45, 7) is 8.98. The molecule has 0 N–H and O–H groups in total. The van der Waals surface area contributed by atoms with Gasteiger partial charge in [0.2, 0.25) is 5.89 Å². The predicted octanol–water partition coefficient (Wildman–Crippen LogP) is 3.14. The highest BCUT2D eigenvalue weighted by molar-refractivity contribution is 5.34. The second-order valence-corrected chi connectivity index (χ2v) is 7.29. The predicted molar refractivity (Wildman–Crippen MR) is 94.2 cm³/mol. The first-order valence-corrected chi connectivity index (χ1v) is 8.33. The summed E-state index contributed by atoms with van der Waals surface area (Å²) in [7, 11) is 2.06. The van der Waals surface area contributed by atoms with Crippen molar-refractivity contribution >= 4 is 0 Å². The third kappa shape index (κ3) is 3.93. The number of benzene rings is 1. The van der Waals surface area contributed by atoms with Crippen LogP contribution in [0.3, 0.4) is 0 Å². The number of hydrogen-bond acceptors (Lipinski definition) is 6. The van der Waals surface area contributed by atoms with E-state index >= 15 is 0 Å². The van der Waals surface area contributed by atoms with Crippen LogP contribution in [0.15, 0.2) is 41.4 Å². The molecule has 0 saturated carbocycles. The van der Waals surface area contributed by atoms with Gasteiger partial charge in [0.15, 0.2) is 5.82 Å². The van der Waals surface area contributed by atoms with Gasteiger partial charge < -0.3 is 4.52 Å². The highest BCUT2D eigenvalue weighted by atomic mass is 16.5. The third-order valence-corrected chi connectivity index (χ3v) is 4.22. The average Bonchev–Trinajstić information content (AvgIpc) is 3.25. The van der Waals surface area contributed by atoms with Crippen molar-refractivity contribution in [2.45, 2.75) is 45.7 Å². The van der Waals surface area contributed by atoms with E-state index in [0.29, 0.717) is 18.3 Å². The standard InChI is InChI=1S/C18H24N6O/c1-13(14-6-8-15(9-7-14)24-12-19-11-20-24)23(5)10-16-21-17(25-22-16)18(2,3)4/h6-9,11-13H,10H2,1-5H3/t13-/m1/s1. The molecule has 132 valence electrons. The van der Waals surface area contributed by atoms with Crippen molar-refractivity contribution in [2.24, 2.45) is 0 Å². The molecule has 25 heavy (non-hydrogen) atoms. The molecule has 0 radical (unpaired) electrons. The van der Waals surface area contributed by atoms with Crippen LogP contribution in [0.1, 0.15) is 51.0 Å². The van der Waals surface area contributed by atoms with E-state index in [9.17, 15) is 0 Å². The van der Waals surface area contributed by atoms with E-state index in [4.69, 9.17) is 4.52 Å². The Balaban J connectivity index is 1.67. The van der Waals surface area contributed by atoms with Crippen LogP contribution >= 0.6 is 0 Å². The van der Waals surface area contributed by atoms with E-state index in [0.717, 1.165) is 5.69 Å². The maximum atomic E-state index is 5.37. The van der Waals surface area contributed by atoms with Crippen molar-refractivity contribution in [2.75, 3.05) is 7.05 Å². The molecule has 0 saturated heterocycles. The molecule has 7 nitrogen and oxygen atoms in total. The van der Waals surface area contributed by atoms with Gasteiger partial charge in [0.25, 0.3) is 0 Å². The van der Waals surface area contributed by atoms with Crippen LogP contribution in [-0.4, -0.2) is 36.9 Å². The van der Waals surface area contributed by atoms with Crippen LogP contribution < -0.4 is 0 Å². The summed E-state index contributed by atoms with van der Waals surface area (Å²) in [5.41, 5.74) is 2.07. The summed E-state index contributed by atoms with van der Waals surface area (Å²) in [6.07, 6.45) is 3.22. The van der Waals surface area contributed by atoms with Gasteiger partial charge in [-0.05, 0) is 31.7 Å². The normalized spacial score (nSPS) is 13.4. The fraction of sp³-hybridized carbons (Fsp3) is 0.444. The Morgan fingerprint density at radius 3 is 2.48 bits per heavy atom. The molecule has 7 heteroatoms. The SMILES string of the molecule is C[C@H](c1ccc(-n2cncn2)cc1)N(C)Cc1noc(C(C)(C)C)n1. The highest BCUT2D eigenvalue weighted by Crippen LogP contribution is 2.23. The molecule has 2 heterocycles. The summed E-state index contributed by atoms with van der Waals surface area (Å²) >= 11 is 0. The molecule has 0 spiro atoms. The van der Waals surface area contributed by atoms with E-state index < -0.39 is 0 Å². The molecule has 1 aromatic carbocycles. The van der Waals surface area contributed by atoms with Gasteiger partial charge in [0.1, 0.15) is 12.7 Å². The van der Waals surface area contributed by atoms with Gasteiger partial charge in [-0.1, -0.05) is 38.1 Å². The van der Waals surface area contributed by atoms with Crippen LogP contribution in [-0.2, 0) is 12.0 Å². The lowest BCUT2D eigenvalue weighted by molar-refractivity contribution is 0.241. The Morgan fingerprint density at radius 2 is 1.92 bits per heavy atom. The van der Waals surface area contributed by atoms with Gasteiger partial charge in [-0.2, -0.15) is 10.1 Å². The molecule has 0 aliphatic rings. The first-order valence-electron chi connectivity index (χ1n) is 8.33. The smallest absolute Gasteiger partial charge is 0.232 e. The van der Waals surface area contributed by atoms with Gasteiger partial charge in [0, 0.05) is 11.5 Å². The number of hydrogen-bond donors (Lipinski definition) is 0. The minimum atomic E-state index is -0.132. The van der Waals surface area contributed by atoms with Crippen LogP contribution in [0.25, 0.3) is 5.69 Å². The average molecular weight is 340 g/mol. The van der Waals surface area contributed by atoms with Gasteiger partial charge >= 0.3 is 0 Å². The summed E-state index contributed by atoms with van der Waals surface area (Å²) in [5, 5.41) is 8.24. The molecule has 3 rings (SSSR count). The van der Waals surface area contributed by atoms with Crippen LogP contribution in [0.4, 0.5) is 0 Å². The first kappa shape index (κ1) is 17.3. The molecule has 0 aliphatic carbocycles. The fourth-order valence-electron chi connectivity index (χ4n) is 2.48. The van der Waals surface area contributed by atoms with Crippen molar-refractivity contribution < 1.29 is 4.52 Å². The lowest BCUT2D eigenvalue weighted by atomic mass is 9.97. The van der Waals surface area contributed by atoms with E-state index in [1.54, 1.807) is 11.0 Å². The minimum absolute atomic E-state index is 0.132. The Morgan fingerprint density at radius 1 is 1.20 bits per heavy atom. The van der Waals surface area contributed by atoms with E-state index in [1.165, 1.54) is 11.9 Å². The number of nitrogens with zero attached hydrogens (tertiary/aromatic N) is 6. The molecule has 2 aromatic heterocycles. The largest absolute Gasteiger partial charge is 0.339 e. The molecule has 1 atom stereocenters. The first-order chi connectivity index (χ1) is 11.8. The van der Waals surface area contributed by atoms with Crippen molar-refractivity contribution in [3.8, 4) is 5.69 Å². The van der Waals surface area contributed by atoms with Gasteiger partial charge in [0.05, 0.1) is 12.2 Å². The zero-order chi connectivity index (χ0) is 18.0. The molecule has 0 amide bonds. The molecule has 0 aliphatic heterocycles. The van der Waals surface area contributed by atoms with Crippen molar-refractivity contribution in [1.82, 2.24) is 29.8 Å². The lowest BCUT2D eigenvalue weighted by Gasteiger charge is -2.23. The molecule has 3 aromatic rings. The van der Waals surface area contributed by atoms with Gasteiger partial charge in [-0.25, -0.2) is 9.67 Å². The third-order valence-electron chi connectivity index (χ3n) is 4.22. The second kappa shape index (κ2) is 6.76. The van der Waals surface area contributed by atoms with Crippen LogP contribution in [0.5, 0.6) is 0 Å². The number of rotatable bonds is 5. The Hall–Kier alpha value is -2.54. The quantitative estimate of drug-likeness (QED) is 0.710. The van der Waals surface area contributed by atoms with Gasteiger partial charge in [-0.15, -0.1) is 0 Å². The molecule has 0 fully saturated rings. The summed E-state index contributed by atoms with van der Waals surface area (Å²) < 4.78 is 7.11. The highest BCUT2D eigenvalue weighted by Gasteiger charge is 2.23. The molecule has 0 bridgehead atoms. The van der Waals surface area contributed by atoms with E-state index in [-0.39, 0.29) is 11.5 Å². The van der Waals surface area contributed by atoms with Crippen LogP contribution in [0, 0.1) is 0 Å². The maximum Gasteiger partial charge on any atom is 0.232 e. The summed E-state index contributed by atoms with van der Waals surface area (Å²) in [6, 6.07) is 8.52. The van der Waals surface area contributed by atoms with Crippen molar-refractivity contribution in [1.29, 1.82) is 0 Å². The summed E-state index contributed by atoms with van der Waals surface area (Å²) in [4.78, 5) is 10.7. The minimum Gasteiger partial charge on any atom is -0.339 e. The topological polar surface area (TPSA) is 72.9 Å². The Labute approximate surface area is 147 Å².